The third-order valence-electron chi connectivity index (χ3n) is 3.33. The maximum absolute atomic E-state index is 12.0. The summed E-state index contributed by atoms with van der Waals surface area (Å²) < 4.78 is 5.37. The third kappa shape index (κ3) is 5.00. The molecule has 1 atom stereocenters. The lowest BCUT2D eigenvalue weighted by atomic mass is 9.84. The van der Waals surface area contributed by atoms with Crippen molar-refractivity contribution in [1.82, 2.24) is 10.2 Å². The Labute approximate surface area is 121 Å². The zero-order valence-corrected chi connectivity index (χ0v) is 13.2. The Kier molecular flexibility index (Phi) is 5.02. The Morgan fingerprint density at radius 1 is 1.30 bits per heavy atom. The molecule has 0 aliphatic carbocycles. The van der Waals surface area contributed by atoms with E-state index in [1.54, 1.807) is 4.90 Å². The smallest absolute Gasteiger partial charge is 0.410 e. The first-order chi connectivity index (χ1) is 9.01. The van der Waals surface area contributed by atoms with E-state index in [9.17, 15) is 9.59 Å². The summed E-state index contributed by atoms with van der Waals surface area (Å²) in [6.07, 6.45) is 0.294. The lowest BCUT2D eigenvalue weighted by Gasteiger charge is -2.37. The third-order valence-corrected chi connectivity index (χ3v) is 3.33. The van der Waals surface area contributed by atoms with Crippen molar-refractivity contribution >= 4 is 12.0 Å². The van der Waals surface area contributed by atoms with Crippen molar-refractivity contribution in [3.8, 4) is 0 Å². The molecule has 1 rings (SSSR count). The van der Waals surface area contributed by atoms with Crippen molar-refractivity contribution in [1.29, 1.82) is 0 Å². The van der Waals surface area contributed by atoms with Gasteiger partial charge in [-0.25, -0.2) is 4.79 Å². The molecule has 6 heteroatoms. The van der Waals surface area contributed by atoms with Gasteiger partial charge in [-0.15, -0.1) is 0 Å². The molecule has 0 aromatic heterocycles. The number of carbonyl (C=O) groups is 2. The van der Waals surface area contributed by atoms with Gasteiger partial charge >= 0.3 is 6.09 Å². The number of nitrogens with one attached hydrogen (secondary N) is 1. The topological polar surface area (TPSA) is 84.7 Å². The fourth-order valence-electron chi connectivity index (χ4n) is 2.17. The van der Waals surface area contributed by atoms with E-state index in [0.29, 0.717) is 26.1 Å². The number of ether oxygens (including phenoxy) is 1. The van der Waals surface area contributed by atoms with E-state index in [-0.39, 0.29) is 18.0 Å². The van der Waals surface area contributed by atoms with Crippen LogP contribution in [0, 0.1) is 5.41 Å². The van der Waals surface area contributed by atoms with Gasteiger partial charge in [0, 0.05) is 31.1 Å². The molecule has 2 amide bonds. The van der Waals surface area contributed by atoms with Gasteiger partial charge in [-0.2, -0.15) is 0 Å². The van der Waals surface area contributed by atoms with E-state index >= 15 is 0 Å². The highest BCUT2D eigenvalue weighted by Crippen LogP contribution is 2.23. The number of primary amides is 1. The maximum atomic E-state index is 12.0. The first-order valence-corrected chi connectivity index (χ1v) is 7.02. The van der Waals surface area contributed by atoms with Gasteiger partial charge in [0.2, 0.25) is 5.91 Å². The molecule has 0 aromatic carbocycles. The van der Waals surface area contributed by atoms with Crippen LogP contribution in [0.5, 0.6) is 0 Å². The number of nitrogens with zero attached hydrogens (tertiary/aromatic N) is 1. The minimum atomic E-state index is -0.589. The van der Waals surface area contributed by atoms with Crippen LogP contribution < -0.4 is 11.1 Å². The lowest BCUT2D eigenvalue weighted by molar-refractivity contribution is -0.126. The molecule has 3 N–H and O–H groups in total. The second-order valence-electron chi connectivity index (χ2n) is 7.03. The second kappa shape index (κ2) is 5.99. The summed E-state index contributed by atoms with van der Waals surface area (Å²) in [7, 11) is 0. The van der Waals surface area contributed by atoms with Gasteiger partial charge in [0.15, 0.2) is 0 Å². The minimum Gasteiger partial charge on any atom is -0.444 e. The van der Waals surface area contributed by atoms with Crippen LogP contribution in [0.2, 0.25) is 0 Å². The zero-order chi connectivity index (χ0) is 15.6. The van der Waals surface area contributed by atoms with Gasteiger partial charge in [-0.1, -0.05) is 13.8 Å². The average Bonchev–Trinajstić information content (AvgIpc) is 2.26. The van der Waals surface area contributed by atoms with Crippen molar-refractivity contribution < 1.29 is 14.3 Å². The van der Waals surface area contributed by atoms with Gasteiger partial charge in [0.25, 0.3) is 0 Å². The fourth-order valence-corrected chi connectivity index (χ4v) is 2.17. The van der Waals surface area contributed by atoms with Crippen LogP contribution in [-0.4, -0.2) is 48.2 Å². The molecule has 1 heterocycles. The van der Waals surface area contributed by atoms with Crippen molar-refractivity contribution in [2.45, 2.75) is 52.7 Å². The van der Waals surface area contributed by atoms with Crippen molar-refractivity contribution in [3.63, 3.8) is 0 Å². The van der Waals surface area contributed by atoms with Crippen molar-refractivity contribution in [2.75, 3.05) is 19.6 Å². The van der Waals surface area contributed by atoms with E-state index in [2.05, 4.69) is 5.32 Å². The number of hydrogen-bond donors (Lipinski definition) is 2. The highest BCUT2D eigenvalue weighted by molar-refractivity contribution is 5.80. The Morgan fingerprint density at radius 2 is 1.90 bits per heavy atom. The highest BCUT2D eigenvalue weighted by atomic mass is 16.6. The number of rotatable bonds is 3. The summed E-state index contributed by atoms with van der Waals surface area (Å²) in [5.74, 6) is -0.325. The molecule has 6 nitrogen and oxygen atoms in total. The van der Waals surface area contributed by atoms with Crippen LogP contribution in [0.15, 0.2) is 0 Å². The molecule has 1 fully saturated rings. The van der Waals surface area contributed by atoms with Gasteiger partial charge in [0.1, 0.15) is 5.60 Å². The predicted molar refractivity (Wildman–Crippen MR) is 77.2 cm³/mol. The number of amides is 2. The Balaban J connectivity index is 2.59. The average molecular weight is 285 g/mol. The monoisotopic (exact) mass is 285 g/mol. The molecule has 1 aliphatic heterocycles. The van der Waals surface area contributed by atoms with E-state index < -0.39 is 11.0 Å². The highest BCUT2D eigenvalue weighted by Gasteiger charge is 2.33. The van der Waals surface area contributed by atoms with E-state index in [1.807, 2.05) is 34.6 Å². The summed E-state index contributed by atoms with van der Waals surface area (Å²) >= 11 is 0. The van der Waals surface area contributed by atoms with Crippen LogP contribution in [0.4, 0.5) is 4.79 Å². The molecular formula is C14H27N3O3. The zero-order valence-electron chi connectivity index (χ0n) is 13.2. The summed E-state index contributed by atoms with van der Waals surface area (Å²) in [6, 6.07) is 0.0544. The molecule has 1 unspecified atom stereocenters. The number of nitrogens with two attached hydrogens (primary N) is 1. The molecule has 0 aromatic rings. The summed E-state index contributed by atoms with van der Waals surface area (Å²) in [4.78, 5) is 25.1. The van der Waals surface area contributed by atoms with E-state index in [1.165, 1.54) is 0 Å². The molecule has 0 saturated carbocycles. The van der Waals surface area contributed by atoms with Gasteiger partial charge in [0.05, 0.1) is 0 Å². The quantitative estimate of drug-likeness (QED) is 0.813. The predicted octanol–water partition coefficient (Wildman–Crippen LogP) is 1.10. The SMILES string of the molecule is CC(C)(C)OC(=O)N1CCNC(CC(C)(C)C(N)=O)C1. The van der Waals surface area contributed by atoms with Crippen LogP contribution in [0.25, 0.3) is 0 Å². The van der Waals surface area contributed by atoms with Gasteiger partial charge in [-0.05, 0) is 27.2 Å². The van der Waals surface area contributed by atoms with Crippen LogP contribution >= 0.6 is 0 Å². The Morgan fingerprint density at radius 3 is 2.40 bits per heavy atom. The largest absolute Gasteiger partial charge is 0.444 e. The first kappa shape index (κ1) is 16.8. The number of hydrogen-bond acceptors (Lipinski definition) is 4. The molecule has 0 radical (unpaired) electrons. The van der Waals surface area contributed by atoms with Crippen molar-refractivity contribution in [2.24, 2.45) is 11.1 Å². The summed E-state index contributed by atoms with van der Waals surface area (Å²) in [6.45, 7) is 11.0. The summed E-state index contributed by atoms with van der Waals surface area (Å²) in [5, 5.41) is 3.32. The first-order valence-electron chi connectivity index (χ1n) is 7.02. The molecule has 1 saturated heterocycles. The summed E-state index contributed by atoms with van der Waals surface area (Å²) in [5.41, 5.74) is 4.31. The second-order valence-corrected chi connectivity index (χ2v) is 7.03. The van der Waals surface area contributed by atoms with Crippen LogP contribution in [-0.2, 0) is 9.53 Å². The Bertz CT molecular complexity index is 374. The Hall–Kier alpha value is -1.30. The van der Waals surface area contributed by atoms with Crippen molar-refractivity contribution in [3.05, 3.63) is 0 Å². The number of piperazine rings is 1. The standard InChI is InChI=1S/C14H27N3O3/c1-13(2,3)20-12(19)17-7-6-16-10(9-17)8-14(4,5)11(15)18/h10,16H,6-9H2,1-5H3,(H2,15,18). The van der Waals surface area contributed by atoms with Gasteiger partial charge in [-0.3, -0.25) is 4.79 Å². The van der Waals surface area contributed by atoms with E-state index in [4.69, 9.17) is 10.5 Å². The van der Waals surface area contributed by atoms with Crippen LogP contribution in [0.1, 0.15) is 41.0 Å². The normalized spacial score (nSPS) is 20.6. The molecule has 0 spiro atoms. The molecule has 1 aliphatic rings. The molecular weight excluding hydrogens is 258 g/mol. The molecule has 116 valence electrons. The maximum Gasteiger partial charge on any atom is 0.410 e. The molecule has 0 bridgehead atoms. The lowest BCUT2D eigenvalue weighted by Crippen LogP contribution is -2.55. The minimum absolute atomic E-state index is 0.0544. The number of carbonyl (C=O) groups excluding carboxylic acids is 2. The molecule has 20 heavy (non-hydrogen) atoms. The van der Waals surface area contributed by atoms with E-state index in [0.717, 1.165) is 0 Å². The van der Waals surface area contributed by atoms with Crippen LogP contribution in [0.3, 0.4) is 0 Å². The van der Waals surface area contributed by atoms with Gasteiger partial charge < -0.3 is 20.7 Å². The fraction of sp³-hybridized carbons (Fsp3) is 0.857.